The lowest BCUT2D eigenvalue weighted by molar-refractivity contribution is 0.191. The van der Waals surface area contributed by atoms with Gasteiger partial charge in [-0.3, -0.25) is 0 Å². The van der Waals surface area contributed by atoms with Gasteiger partial charge < -0.3 is 20.5 Å². The van der Waals surface area contributed by atoms with Gasteiger partial charge in [-0.1, -0.05) is 11.6 Å². The van der Waals surface area contributed by atoms with E-state index in [4.69, 9.17) is 21.4 Å². The lowest BCUT2D eigenvalue weighted by Gasteiger charge is -2.11. The molecule has 0 aliphatic carbocycles. The third-order valence-electron chi connectivity index (χ3n) is 2.48. The number of hydrogen-bond donors (Lipinski definition) is 3. The molecule has 0 aliphatic heterocycles. The number of aliphatic hydroxyl groups is 1. The Morgan fingerprint density at radius 3 is 2.72 bits per heavy atom. The van der Waals surface area contributed by atoms with Crippen molar-refractivity contribution < 1.29 is 9.84 Å². The van der Waals surface area contributed by atoms with Crippen LogP contribution in [0.3, 0.4) is 0 Å². The van der Waals surface area contributed by atoms with Crippen molar-refractivity contribution in [3.05, 3.63) is 28.8 Å². The molecule has 0 bridgehead atoms. The first kappa shape index (κ1) is 15.2. The number of halogens is 1. The van der Waals surface area contributed by atoms with Gasteiger partial charge in [0.2, 0.25) is 0 Å². The minimum Gasteiger partial charge on any atom is -0.496 e. The molecule has 1 rings (SSSR count). The van der Waals surface area contributed by atoms with Crippen LogP contribution in [0.5, 0.6) is 5.75 Å². The first-order chi connectivity index (χ1) is 8.63. The average molecular weight is 273 g/mol. The number of benzene rings is 1. The van der Waals surface area contributed by atoms with Crippen LogP contribution < -0.4 is 15.4 Å². The summed E-state index contributed by atoms with van der Waals surface area (Å²) < 4.78 is 5.26. The molecule has 1 aromatic carbocycles. The minimum absolute atomic E-state index is 0.307. The van der Waals surface area contributed by atoms with E-state index in [0.717, 1.165) is 24.4 Å². The Morgan fingerprint density at radius 1 is 1.33 bits per heavy atom. The highest BCUT2D eigenvalue weighted by Gasteiger charge is 2.03. The highest BCUT2D eigenvalue weighted by Crippen LogP contribution is 2.22. The summed E-state index contributed by atoms with van der Waals surface area (Å²) in [6.45, 7) is 4.72. The fourth-order valence-electron chi connectivity index (χ4n) is 1.60. The van der Waals surface area contributed by atoms with E-state index in [2.05, 4.69) is 10.6 Å². The van der Waals surface area contributed by atoms with E-state index in [1.54, 1.807) is 14.0 Å². The monoisotopic (exact) mass is 272 g/mol. The summed E-state index contributed by atoms with van der Waals surface area (Å²) in [4.78, 5) is 0. The Balaban J connectivity index is 2.28. The average Bonchev–Trinajstić information content (AvgIpc) is 2.33. The molecule has 1 aromatic rings. The molecule has 4 nitrogen and oxygen atoms in total. The highest BCUT2D eigenvalue weighted by molar-refractivity contribution is 6.30. The molecule has 0 saturated carbocycles. The summed E-state index contributed by atoms with van der Waals surface area (Å²) in [6.07, 6.45) is -0.307. The van der Waals surface area contributed by atoms with E-state index < -0.39 is 0 Å². The Labute approximate surface area is 113 Å². The van der Waals surface area contributed by atoms with Gasteiger partial charge in [0, 0.05) is 36.8 Å². The van der Waals surface area contributed by atoms with Crippen molar-refractivity contribution in [1.82, 2.24) is 10.6 Å². The molecule has 3 N–H and O–H groups in total. The summed E-state index contributed by atoms with van der Waals surface area (Å²) in [7, 11) is 1.65. The predicted octanol–water partition coefficient (Wildman–Crippen LogP) is 1.41. The van der Waals surface area contributed by atoms with Gasteiger partial charge in [0.15, 0.2) is 0 Å². The SMILES string of the molecule is COc1ccc(Cl)cc1CNCCNCC(C)O. The molecule has 0 heterocycles. The molecule has 0 fully saturated rings. The zero-order valence-corrected chi connectivity index (χ0v) is 11.6. The molecular weight excluding hydrogens is 252 g/mol. The molecule has 1 unspecified atom stereocenters. The maximum Gasteiger partial charge on any atom is 0.123 e. The maximum atomic E-state index is 9.07. The van der Waals surface area contributed by atoms with Gasteiger partial charge in [-0.2, -0.15) is 0 Å². The zero-order chi connectivity index (χ0) is 13.4. The molecule has 0 aliphatic rings. The standard InChI is InChI=1S/C13H21ClN2O2/c1-10(17)8-15-5-6-16-9-11-7-12(14)3-4-13(11)18-2/h3-4,7,10,15-17H,5-6,8-9H2,1-2H3. The molecule has 18 heavy (non-hydrogen) atoms. The van der Waals surface area contributed by atoms with Crippen molar-refractivity contribution in [3.8, 4) is 5.75 Å². The quantitative estimate of drug-likeness (QED) is 0.627. The molecule has 0 radical (unpaired) electrons. The van der Waals surface area contributed by atoms with Gasteiger partial charge in [-0.15, -0.1) is 0 Å². The van der Waals surface area contributed by atoms with Crippen molar-refractivity contribution in [2.75, 3.05) is 26.7 Å². The largest absolute Gasteiger partial charge is 0.496 e. The van der Waals surface area contributed by atoms with Crippen LogP contribution >= 0.6 is 11.6 Å². The van der Waals surface area contributed by atoms with E-state index in [9.17, 15) is 0 Å². The smallest absolute Gasteiger partial charge is 0.123 e. The van der Waals surface area contributed by atoms with Crippen molar-refractivity contribution >= 4 is 11.6 Å². The molecule has 0 spiro atoms. The van der Waals surface area contributed by atoms with Gasteiger partial charge in [0.05, 0.1) is 13.2 Å². The number of nitrogens with one attached hydrogen (secondary N) is 2. The lowest BCUT2D eigenvalue weighted by atomic mass is 10.2. The van der Waals surface area contributed by atoms with Gasteiger partial charge in [0.25, 0.3) is 0 Å². The van der Waals surface area contributed by atoms with E-state index in [1.807, 2.05) is 18.2 Å². The van der Waals surface area contributed by atoms with Crippen LogP contribution in [0.2, 0.25) is 5.02 Å². The summed E-state index contributed by atoms with van der Waals surface area (Å²) >= 11 is 5.95. The topological polar surface area (TPSA) is 53.5 Å². The molecule has 0 aromatic heterocycles. The van der Waals surface area contributed by atoms with Gasteiger partial charge in [-0.25, -0.2) is 0 Å². The van der Waals surface area contributed by atoms with Crippen molar-refractivity contribution in [2.45, 2.75) is 19.6 Å². The van der Waals surface area contributed by atoms with E-state index in [1.165, 1.54) is 0 Å². The van der Waals surface area contributed by atoms with Crippen LogP contribution in [0.1, 0.15) is 12.5 Å². The number of hydrogen-bond acceptors (Lipinski definition) is 4. The summed E-state index contributed by atoms with van der Waals surface area (Å²) in [6, 6.07) is 5.58. The Kier molecular flexibility index (Phi) is 7.05. The highest BCUT2D eigenvalue weighted by atomic mass is 35.5. The van der Waals surface area contributed by atoms with Crippen LogP contribution in [0, 0.1) is 0 Å². The Morgan fingerprint density at radius 2 is 2.06 bits per heavy atom. The van der Waals surface area contributed by atoms with Crippen LogP contribution in [0.25, 0.3) is 0 Å². The van der Waals surface area contributed by atoms with E-state index >= 15 is 0 Å². The molecule has 1 atom stereocenters. The van der Waals surface area contributed by atoms with E-state index in [-0.39, 0.29) is 6.10 Å². The van der Waals surface area contributed by atoms with E-state index in [0.29, 0.717) is 18.1 Å². The second-order valence-electron chi connectivity index (χ2n) is 4.19. The molecule has 0 amide bonds. The summed E-state index contributed by atoms with van der Waals surface area (Å²) in [5, 5.41) is 16.2. The van der Waals surface area contributed by atoms with Crippen LogP contribution in [0.15, 0.2) is 18.2 Å². The number of methoxy groups -OCH3 is 1. The van der Waals surface area contributed by atoms with Gasteiger partial charge in [-0.05, 0) is 25.1 Å². The van der Waals surface area contributed by atoms with Crippen molar-refractivity contribution in [3.63, 3.8) is 0 Å². The summed E-state index contributed by atoms with van der Waals surface area (Å²) in [5.41, 5.74) is 1.04. The van der Waals surface area contributed by atoms with Gasteiger partial charge in [0.1, 0.15) is 5.75 Å². The van der Waals surface area contributed by atoms with Crippen molar-refractivity contribution in [1.29, 1.82) is 0 Å². The van der Waals surface area contributed by atoms with Gasteiger partial charge >= 0.3 is 0 Å². The fraction of sp³-hybridized carbons (Fsp3) is 0.538. The number of rotatable bonds is 8. The summed E-state index contributed by atoms with van der Waals surface area (Å²) in [5.74, 6) is 0.837. The molecule has 0 saturated heterocycles. The third-order valence-corrected chi connectivity index (χ3v) is 2.71. The molecule has 5 heteroatoms. The maximum absolute atomic E-state index is 9.07. The fourth-order valence-corrected chi connectivity index (χ4v) is 1.79. The number of aliphatic hydroxyl groups excluding tert-OH is 1. The third kappa shape index (κ3) is 5.69. The first-order valence-corrected chi connectivity index (χ1v) is 6.43. The minimum atomic E-state index is -0.307. The van der Waals surface area contributed by atoms with Crippen LogP contribution in [0.4, 0.5) is 0 Å². The second-order valence-corrected chi connectivity index (χ2v) is 4.62. The van der Waals surface area contributed by atoms with Crippen molar-refractivity contribution in [2.24, 2.45) is 0 Å². The Bertz CT molecular complexity index is 359. The zero-order valence-electron chi connectivity index (χ0n) is 10.9. The second kappa shape index (κ2) is 8.32. The first-order valence-electron chi connectivity index (χ1n) is 6.05. The predicted molar refractivity (Wildman–Crippen MR) is 74.3 cm³/mol. The molecular formula is C13H21ClN2O2. The lowest BCUT2D eigenvalue weighted by Crippen LogP contribution is -2.31. The molecule has 102 valence electrons. The van der Waals surface area contributed by atoms with Crippen LogP contribution in [-0.2, 0) is 6.54 Å². The normalized spacial score (nSPS) is 12.4. The number of ether oxygens (including phenoxy) is 1. The van der Waals surface area contributed by atoms with Crippen LogP contribution in [-0.4, -0.2) is 38.0 Å². The Hall–Kier alpha value is -0.810.